The molecule has 0 aromatic heterocycles. The molecule has 18 heavy (non-hydrogen) atoms. The summed E-state index contributed by atoms with van der Waals surface area (Å²) < 4.78 is 14.2. The Balaban J connectivity index is 2.24. The Morgan fingerprint density at radius 1 is 1.22 bits per heavy atom. The van der Waals surface area contributed by atoms with Gasteiger partial charge in [0.2, 0.25) is 0 Å². The second-order valence-corrected chi connectivity index (χ2v) is 5.21. The van der Waals surface area contributed by atoms with E-state index in [1.807, 2.05) is 0 Å². The molecule has 0 heterocycles. The standard InChI is InChI=1S/C14H9BrClFO/c15-10-4-5-13(17)12(8-10)14(18)7-9-2-1-3-11(16)6-9/h1-6,8H,7H2. The number of rotatable bonds is 3. The minimum absolute atomic E-state index is 0.0874. The van der Waals surface area contributed by atoms with E-state index in [9.17, 15) is 9.18 Å². The lowest BCUT2D eigenvalue weighted by Crippen LogP contribution is -2.06. The summed E-state index contributed by atoms with van der Waals surface area (Å²) >= 11 is 9.06. The largest absolute Gasteiger partial charge is 0.294 e. The monoisotopic (exact) mass is 326 g/mol. The van der Waals surface area contributed by atoms with Gasteiger partial charge in [-0.15, -0.1) is 0 Å². The van der Waals surface area contributed by atoms with Gasteiger partial charge in [0.15, 0.2) is 5.78 Å². The lowest BCUT2D eigenvalue weighted by molar-refractivity contribution is 0.0989. The van der Waals surface area contributed by atoms with Gasteiger partial charge in [-0.2, -0.15) is 0 Å². The lowest BCUT2D eigenvalue weighted by atomic mass is 10.0. The quantitative estimate of drug-likeness (QED) is 0.749. The van der Waals surface area contributed by atoms with E-state index in [4.69, 9.17) is 11.6 Å². The fourth-order valence-corrected chi connectivity index (χ4v) is 2.21. The highest BCUT2D eigenvalue weighted by Gasteiger charge is 2.12. The van der Waals surface area contributed by atoms with Crippen LogP contribution in [0.25, 0.3) is 0 Å². The second kappa shape index (κ2) is 5.63. The number of ketones is 1. The molecule has 2 aromatic carbocycles. The van der Waals surface area contributed by atoms with Crippen molar-refractivity contribution >= 4 is 33.3 Å². The molecule has 0 unspecified atom stereocenters. The summed E-state index contributed by atoms with van der Waals surface area (Å²) in [5.74, 6) is -0.777. The van der Waals surface area contributed by atoms with E-state index in [1.54, 1.807) is 30.3 Å². The first-order valence-electron chi connectivity index (χ1n) is 5.29. The highest BCUT2D eigenvalue weighted by molar-refractivity contribution is 9.10. The van der Waals surface area contributed by atoms with E-state index < -0.39 is 5.82 Å². The van der Waals surface area contributed by atoms with Crippen LogP contribution in [-0.2, 0) is 6.42 Å². The molecule has 0 aliphatic carbocycles. The topological polar surface area (TPSA) is 17.1 Å². The van der Waals surface area contributed by atoms with Crippen molar-refractivity contribution in [3.05, 3.63) is 68.9 Å². The van der Waals surface area contributed by atoms with Gasteiger partial charge in [-0.05, 0) is 35.9 Å². The predicted molar refractivity (Wildman–Crippen MR) is 73.6 cm³/mol. The third-order valence-electron chi connectivity index (χ3n) is 2.48. The molecule has 0 bridgehead atoms. The van der Waals surface area contributed by atoms with E-state index >= 15 is 0 Å². The molecule has 0 saturated carbocycles. The molecule has 2 rings (SSSR count). The third-order valence-corrected chi connectivity index (χ3v) is 3.21. The Morgan fingerprint density at radius 2 is 2.00 bits per heavy atom. The van der Waals surface area contributed by atoms with Gasteiger partial charge in [0.1, 0.15) is 5.82 Å². The molecule has 0 spiro atoms. The summed E-state index contributed by atoms with van der Waals surface area (Å²) in [6.07, 6.45) is 0.133. The summed E-state index contributed by atoms with van der Waals surface area (Å²) in [7, 11) is 0. The smallest absolute Gasteiger partial charge is 0.170 e. The van der Waals surface area contributed by atoms with Crippen molar-refractivity contribution < 1.29 is 9.18 Å². The van der Waals surface area contributed by atoms with Crippen LogP contribution in [0.4, 0.5) is 4.39 Å². The molecule has 92 valence electrons. The first-order chi connectivity index (χ1) is 8.56. The van der Waals surface area contributed by atoms with Crippen LogP contribution in [0.1, 0.15) is 15.9 Å². The summed E-state index contributed by atoms with van der Waals surface area (Å²) in [6.45, 7) is 0. The molecule has 0 aliphatic rings. The Hall–Kier alpha value is -1.19. The number of benzene rings is 2. The highest BCUT2D eigenvalue weighted by Crippen LogP contribution is 2.18. The molecule has 0 N–H and O–H groups in total. The van der Waals surface area contributed by atoms with Gasteiger partial charge in [0.25, 0.3) is 0 Å². The van der Waals surface area contributed by atoms with Gasteiger partial charge in [0, 0.05) is 15.9 Å². The van der Waals surface area contributed by atoms with Crippen molar-refractivity contribution in [2.24, 2.45) is 0 Å². The number of carbonyl (C=O) groups is 1. The molecule has 0 saturated heterocycles. The minimum atomic E-state index is -0.509. The zero-order valence-corrected chi connectivity index (χ0v) is 11.6. The van der Waals surface area contributed by atoms with Gasteiger partial charge in [0.05, 0.1) is 5.56 Å². The van der Waals surface area contributed by atoms with Crippen LogP contribution in [0, 0.1) is 5.82 Å². The van der Waals surface area contributed by atoms with Crippen molar-refractivity contribution in [2.45, 2.75) is 6.42 Å². The van der Waals surface area contributed by atoms with Gasteiger partial charge in [-0.1, -0.05) is 39.7 Å². The van der Waals surface area contributed by atoms with Crippen LogP contribution in [0.5, 0.6) is 0 Å². The summed E-state index contributed by atoms with van der Waals surface area (Å²) in [4.78, 5) is 12.0. The average molecular weight is 328 g/mol. The molecule has 0 fully saturated rings. The second-order valence-electron chi connectivity index (χ2n) is 3.85. The molecule has 1 nitrogen and oxygen atoms in total. The zero-order valence-electron chi connectivity index (χ0n) is 9.29. The zero-order chi connectivity index (χ0) is 13.1. The Morgan fingerprint density at radius 3 is 2.72 bits per heavy atom. The summed E-state index contributed by atoms with van der Waals surface area (Å²) in [5.41, 5.74) is 0.858. The first-order valence-corrected chi connectivity index (χ1v) is 6.46. The number of hydrogen-bond donors (Lipinski definition) is 0. The van der Waals surface area contributed by atoms with Crippen LogP contribution in [0.15, 0.2) is 46.9 Å². The Labute approximate surface area is 118 Å². The maximum absolute atomic E-state index is 13.5. The molecule has 4 heteroatoms. The fraction of sp³-hybridized carbons (Fsp3) is 0.0714. The van der Waals surface area contributed by atoms with Crippen molar-refractivity contribution in [1.82, 2.24) is 0 Å². The summed E-state index contributed by atoms with van der Waals surface area (Å²) in [5, 5.41) is 0.565. The van der Waals surface area contributed by atoms with E-state index in [-0.39, 0.29) is 17.8 Å². The van der Waals surface area contributed by atoms with E-state index in [1.165, 1.54) is 12.1 Å². The van der Waals surface area contributed by atoms with Gasteiger partial charge in [-0.25, -0.2) is 4.39 Å². The average Bonchev–Trinajstić information content (AvgIpc) is 2.32. The van der Waals surface area contributed by atoms with Crippen LogP contribution in [-0.4, -0.2) is 5.78 Å². The predicted octanol–water partition coefficient (Wildman–Crippen LogP) is 4.67. The van der Waals surface area contributed by atoms with Crippen LogP contribution < -0.4 is 0 Å². The molecule has 0 amide bonds. The minimum Gasteiger partial charge on any atom is -0.294 e. The maximum atomic E-state index is 13.5. The number of halogens is 3. The Kier molecular flexibility index (Phi) is 4.15. The fourth-order valence-electron chi connectivity index (χ4n) is 1.64. The molecular formula is C14H9BrClFO. The normalized spacial score (nSPS) is 10.4. The van der Waals surface area contributed by atoms with Crippen LogP contribution in [0.2, 0.25) is 5.02 Å². The van der Waals surface area contributed by atoms with E-state index in [0.29, 0.717) is 9.50 Å². The van der Waals surface area contributed by atoms with Crippen molar-refractivity contribution in [1.29, 1.82) is 0 Å². The van der Waals surface area contributed by atoms with Crippen molar-refractivity contribution in [2.75, 3.05) is 0 Å². The van der Waals surface area contributed by atoms with Gasteiger partial charge in [-0.3, -0.25) is 4.79 Å². The van der Waals surface area contributed by atoms with Crippen molar-refractivity contribution in [3.8, 4) is 0 Å². The molecule has 0 aliphatic heterocycles. The molecule has 0 radical (unpaired) electrons. The number of hydrogen-bond acceptors (Lipinski definition) is 1. The molecular weight excluding hydrogens is 319 g/mol. The highest BCUT2D eigenvalue weighted by atomic mass is 79.9. The van der Waals surface area contributed by atoms with E-state index in [2.05, 4.69) is 15.9 Å². The van der Waals surface area contributed by atoms with Gasteiger partial charge >= 0.3 is 0 Å². The van der Waals surface area contributed by atoms with Crippen molar-refractivity contribution in [3.63, 3.8) is 0 Å². The third kappa shape index (κ3) is 3.18. The molecule has 2 aromatic rings. The first kappa shape index (κ1) is 13.2. The van der Waals surface area contributed by atoms with E-state index in [0.717, 1.165) is 5.56 Å². The lowest BCUT2D eigenvalue weighted by Gasteiger charge is -2.04. The SMILES string of the molecule is O=C(Cc1cccc(Cl)c1)c1cc(Br)ccc1F. The van der Waals surface area contributed by atoms with Crippen LogP contribution >= 0.6 is 27.5 Å². The summed E-state index contributed by atoms with van der Waals surface area (Å²) in [6, 6.07) is 11.3. The maximum Gasteiger partial charge on any atom is 0.170 e. The van der Waals surface area contributed by atoms with Gasteiger partial charge < -0.3 is 0 Å². The molecule has 0 atom stereocenters. The van der Waals surface area contributed by atoms with Crippen LogP contribution in [0.3, 0.4) is 0 Å². The number of Topliss-reactive ketones (excluding diaryl/α,β-unsaturated/α-hetero) is 1. The number of carbonyl (C=O) groups excluding carboxylic acids is 1. The Bertz CT molecular complexity index is 598.